The van der Waals surface area contributed by atoms with Crippen LogP contribution >= 0.6 is 0 Å². The summed E-state index contributed by atoms with van der Waals surface area (Å²) >= 11 is 0. The van der Waals surface area contributed by atoms with Crippen molar-refractivity contribution in [3.05, 3.63) is 23.9 Å². The first kappa shape index (κ1) is 11.4. The third-order valence-electron chi connectivity index (χ3n) is 2.96. The van der Waals surface area contributed by atoms with Gasteiger partial charge >= 0.3 is 0 Å². The lowest BCUT2D eigenvalue weighted by Gasteiger charge is -2.34. The standard InChI is InChI=1S/C12H19N3O/c1-9-8-16-6-5-15(9)12-4-3-11(7-14-12)10(2)13/h3-4,7,9-10H,5-6,8,13H2,1-2H3/t9?,10-/m0/s1. The molecule has 1 aliphatic rings. The number of ether oxygens (including phenoxy) is 1. The van der Waals surface area contributed by atoms with Crippen molar-refractivity contribution >= 4 is 5.82 Å². The van der Waals surface area contributed by atoms with Crippen LogP contribution in [0.25, 0.3) is 0 Å². The van der Waals surface area contributed by atoms with Crippen LogP contribution in [0.3, 0.4) is 0 Å². The first-order chi connectivity index (χ1) is 7.68. The fourth-order valence-electron chi connectivity index (χ4n) is 1.90. The molecule has 0 aromatic carbocycles. The van der Waals surface area contributed by atoms with E-state index in [0.717, 1.165) is 31.1 Å². The summed E-state index contributed by atoms with van der Waals surface area (Å²) in [4.78, 5) is 6.74. The van der Waals surface area contributed by atoms with Gasteiger partial charge in [-0.25, -0.2) is 4.98 Å². The first-order valence-corrected chi connectivity index (χ1v) is 5.74. The maximum Gasteiger partial charge on any atom is 0.128 e. The molecule has 2 atom stereocenters. The number of aromatic nitrogens is 1. The van der Waals surface area contributed by atoms with Gasteiger partial charge in [-0.2, -0.15) is 0 Å². The normalized spacial score (nSPS) is 23.2. The van der Waals surface area contributed by atoms with Crippen LogP contribution < -0.4 is 10.6 Å². The molecular formula is C12H19N3O. The minimum atomic E-state index is 0.0451. The smallest absolute Gasteiger partial charge is 0.128 e. The van der Waals surface area contributed by atoms with Gasteiger partial charge in [-0.1, -0.05) is 6.07 Å². The van der Waals surface area contributed by atoms with Gasteiger partial charge in [0.1, 0.15) is 5.82 Å². The van der Waals surface area contributed by atoms with Crippen molar-refractivity contribution in [3.63, 3.8) is 0 Å². The predicted octanol–water partition coefficient (Wildman–Crippen LogP) is 1.33. The average molecular weight is 221 g/mol. The van der Waals surface area contributed by atoms with Crippen molar-refractivity contribution in [1.82, 2.24) is 4.98 Å². The van der Waals surface area contributed by atoms with E-state index in [1.54, 1.807) is 0 Å². The van der Waals surface area contributed by atoms with E-state index in [9.17, 15) is 0 Å². The number of hydrogen-bond acceptors (Lipinski definition) is 4. The van der Waals surface area contributed by atoms with Crippen LogP contribution in [0.1, 0.15) is 25.5 Å². The number of anilines is 1. The highest BCUT2D eigenvalue weighted by Gasteiger charge is 2.19. The molecule has 0 amide bonds. The monoisotopic (exact) mass is 221 g/mol. The summed E-state index contributed by atoms with van der Waals surface area (Å²) in [7, 11) is 0. The van der Waals surface area contributed by atoms with Gasteiger partial charge in [0.05, 0.1) is 19.3 Å². The van der Waals surface area contributed by atoms with Gasteiger partial charge in [-0.15, -0.1) is 0 Å². The molecule has 0 spiro atoms. The Kier molecular flexibility index (Phi) is 3.41. The van der Waals surface area contributed by atoms with Gasteiger partial charge < -0.3 is 15.4 Å². The Bertz CT molecular complexity index is 337. The van der Waals surface area contributed by atoms with Crippen LogP contribution in [-0.2, 0) is 4.74 Å². The van der Waals surface area contributed by atoms with Crippen molar-refractivity contribution in [2.75, 3.05) is 24.7 Å². The molecule has 4 heteroatoms. The molecule has 1 saturated heterocycles. The van der Waals surface area contributed by atoms with Crippen molar-refractivity contribution in [2.24, 2.45) is 5.73 Å². The van der Waals surface area contributed by atoms with Gasteiger partial charge in [0.25, 0.3) is 0 Å². The van der Waals surface area contributed by atoms with Crippen molar-refractivity contribution < 1.29 is 4.74 Å². The topological polar surface area (TPSA) is 51.4 Å². The third-order valence-corrected chi connectivity index (χ3v) is 2.96. The summed E-state index contributed by atoms with van der Waals surface area (Å²) in [6, 6.07) is 4.53. The molecule has 2 rings (SSSR count). The number of nitrogens with two attached hydrogens (primary N) is 1. The van der Waals surface area contributed by atoms with E-state index in [-0.39, 0.29) is 6.04 Å². The Morgan fingerprint density at radius 3 is 2.94 bits per heavy atom. The van der Waals surface area contributed by atoms with E-state index in [1.165, 1.54) is 0 Å². The zero-order chi connectivity index (χ0) is 11.5. The Labute approximate surface area is 96.4 Å². The molecule has 1 aromatic heterocycles. The van der Waals surface area contributed by atoms with Gasteiger partial charge in [-0.05, 0) is 25.5 Å². The van der Waals surface area contributed by atoms with E-state index in [0.29, 0.717) is 6.04 Å². The molecule has 1 aromatic rings. The summed E-state index contributed by atoms with van der Waals surface area (Å²) in [6.07, 6.45) is 1.86. The van der Waals surface area contributed by atoms with Crippen LogP contribution in [0.15, 0.2) is 18.3 Å². The molecule has 1 fully saturated rings. The fourth-order valence-corrected chi connectivity index (χ4v) is 1.90. The van der Waals surface area contributed by atoms with Crippen LogP contribution in [0.2, 0.25) is 0 Å². The maximum absolute atomic E-state index is 5.80. The fraction of sp³-hybridized carbons (Fsp3) is 0.583. The second kappa shape index (κ2) is 4.80. The summed E-state index contributed by atoms with van der Waals surface area (Å²) in [5.74, 6) is 1.01. The molecule has 1 aliphatic heterocycles. The highest BCUT2D eigenvalue weighted by molar-refractivity contribution is 5.41. The number of morpholine rings is 1. The van der Waals surface area contributed by atoms with Crippen LogP contribution in [0, 0.1) is 0 Å². The number of nitrogens with zero attached hydrogens (tertiary/aromatic N) is 2. The molecule has 0 bridgehead atoms. The lowest BCUT2D eigenvalue weighted by Crippen LogP contribution is -2.44. The number of rotatable bonds is 2. The Hall–Kier alpha value is -1.13. The summed E-state index contributed by atoms with van der Waals surface area (Å²) in [5.41, 5.74) is 6.87. The van der Waals surface area contributed by atoms with Gasteiger partial charge in [0.15, 0.2) is 0 Å². The van der Waals surface area contributed by atoms with Gasteiger partial charge in [-0.3, -0.25) is 0 Å². The van der Waals surface area contributed by atoms with Crippen molar-refractivity contribution in [2.45, 2.75) is 25.9 Å². The van der Waals surface area contributed by atoms with Crippen LogP contribution in [0.4, 0.5) is 5.82 Å². The summed E-state index contributed by atoms with van der Waals surface area (Å²) in [6.45, 7) is 6.58. The third kappa shape index (κ3) is 2.33. The second-order valence-corrected chi connectivity index (χ2v) is 4.36. The molecule has 16 heavy (non-hydrogen) atoms. The largest absolute Gasteiger partial charge is 0.377 e. The lowest BCUT2D eigenvalue weighted by molar-refractivity contribution is 0.0985. The molecule has 2 N–H and O–H groups in total. The Morgan fingerprint density at radius 1 is 1.56 bits per heavy atom. The molecule has 4 nitrogen and oxygen atoms in total. The average Bonchev–Trinajstić information content (AvgIpc) is 2.30. The van der Waals surface area contributed by atoms with Gasteiger partial charge in [0.2, 0.25) is 0 Å². The Balaban J connectivity index is 2.14. The quantitative estimate of drug-likeness (QED) is 0.818. The molecule has 0 saturated carbocycles. The van der Waals surface area contributed by atoms with E-state index in [2.05, 4.69) is 22.9 Å². The zero-order valence-electron chi connectivity index (χ0n) is 9.89. The minimum absolute atomic E-state index is 0.0451. The van der Waals surface area contributed by atoms with E-state index >= 15 is 0 Å². The summed E-state index contributed by atoms with van der Waals surface area (Å²) in [5, 5.41) is 0. The molecule has 0 radical (unpaired) electrons. The highest BCUT2D eigenvalue weighted by Crippen LogP contribution is 2.18. The van der Waals surface area contributed by atoms with Crippen LogP contribution in [-0.4, -0.2) is 30.8 Å². The maximum atomic E-state index is 5.80. The molecule has 0 aliphatic carbocycles. The van der Waals surface area contributed by atoms with Gasteiger partial charge in [0, 0.05) is 18.8 Å². The first-order valence-electron chi connectivity index (χ1n) is 5.74. The lowest BCUT2D eigenvalue weighted by atomic mass is 10.1. The highest BCUT2D eigenvalue weighted by atomic mass is 16.5. The van der Waals surface area contributed by atoms with Crippen LogP contribution in [0.5, 0.6) is 0 Å². The van der Waals surface area contributed by atoms with Crippen molar-refractivity contribution in [3.8, 4) is 0 Å². The molecular weight excluding hydrogens is 202 g/mol. The van der Waals surface area contributed by atoms with Crippen molar-refractivity contribution in [1.29, 1.82) is 0 Å². The molecule has 2 heterocycles. The van der Waals surface area contributed by atoms with E-state index < -0.39 is 0 Å². The number of hydrogen-bond donors (Lipinski definition) is 1. The number of pyridine rings is 1. The second-order valence-electron chi connectivity index (χ2n) is 4.36. The summed E-state index contributed by atoms with van der Waals surface area (Å²) < 4.78 is 5.41. The molecule has 88 valence electrons. The zero-order valence-corrected chi connectivity index (χ0v) is 9.89. The predicted molar refractivity (Wildman–Crippen MR) is 64.5 cm³/mol. The van der Waals surface area contributed by atoms with E-state index in [4.69, 9.17) is 10.5 Å². The Morgan fingerprint density at radius 2 is 2.38 bits per heavy atom. The minimum Gasteiger partial charge on any atom is -0.377 e. The van der Waals surface area contributed by atoms with E-state index in [1.807, 2.05) is 19.2 Å². The SMILES string of the molecule is CC1COCCN1c1ccc([C@H](C)N)cn1. The molecule has 1 unspecified atom stereocenters.